The fourth-order valence-electron chi connectivity index (χ4n) is 8.55. The molecule has 0 saturated heterocycles. The second-order valence-electron chi connectivity index (χ2n) is 12.6. The zero-order valence-corrected chi connectivity index (χ0v) is 19.5. The Kier molecular flexibility index (Phi) is 4.72. The number of carbonyl (C=O) groups excluding carboxylic acids is 2. The molecule has 4 saturated carbocycles. The molecule has 4 heteroatoms. The fraction of sp³-hybridized carbons (Fsp3) is 0.920. The molecule has 0 radical (unpaired) electrons. The van der Waals surface area contributed by atoms with E-state index in [1.807, 2.05) is 13.8 Å². The van der Waals surface area contributed by atoms with Gasteiger partial charge in [0.2, 0.25) is 0 Å². The van der Waals surface area contributed by atoms with Crippen molar-refractivity contribution in [1.82, 2.24) is 0 Å². The zero-order valence-electron chi connectivity index (χ0n) is 19.5. The maximum Gasteiger partial charge on any atom is 0.317 e. The van der Waals surface area contributed by atoms with Gasteiger partial charge in [-0.15, -0.1) is 0 Å². The quantitative estimate of drug-likeness (QED) is 0.447. The molecule has 4 bridgehead atoms. The summed E-state index contributed by atoms with van der Waals surface area (Å²) in [6, 6.07) is 0. The Bertz CT molecular complexity index is 701. The van der Waals surface area contributed by atoms with E-state index in [4.69, 9.17) is 9.47 Å². The molecule has 0 amide bonds. The lowest BCUT2D eigenvalue weighted by molar-refractivity contribution is -0.179. The van der Waals surface area contributed by atoms with Gasteiger partial charge in [0.05, 0.1) is 0 Å². The largest absolute Gasteiger partial charge is 0.461 e. The summed E-state index contributed by atoms with van der Waals surface area (Å²) in [5.41, 5.74) is -0.341. The standard InChI is InChI=1S/C25H40O4/c1-22(2)16-9-8-15(12-16)20(22)24(5,6)29-19(27)13-18(26)28-21-23(3,4)17-10-11-25(21,7)14-17/h15-17,20-21H,8-14H2,1-7H3/t15?,16?,17?,20-,21+,25?/m1/s1. The second kappa shape index (κ2) is 6.47. The lowest BCUT2D eigenvalue weighted by Crippen LogP contribution is -2.48. The third-order valence-corrected chi connectivity index (χ3v) is 9.60. The molecular weight excluding hydrogens is 364 g/mol. The van der Waals surface area contributed by atoms with E-state index >= 15 is 0 Å². The smallest absolute Gasteiger partial charge is 0.317 e. The highest BCUT2D eigenvalue weighted by atomic mass is 16.6. The molecule has 0 heterocycles. The van der Waals surface area contributed by atoms with E-state index in [0.717, 1.165) is 18.8 Å². The van der Waals surface area contributed by atoms with Gasteiger partial charge in [0.15, 0.2) is 0 Å². The topological polar surface area (TPSA) is 52.6 Å². The lowest BCUT2D eigenvalue weighted by atomic mass is 9.63. The van der Waals surface area contributed by atoms with Crippen LogP contribution in [0.3, 0.4) is 0 Å². The lowest BCUT2D eigenvalue weighted by Gasteiger charge is -2.46. The molecule has 0 aromatic rings. The molecule has 4 unspecified atom stereocenters. The van der Waals surface area contributed by atoms with Gasteiger partial charge in [-0.2, -0.15) is 0 Å². The Labute approximate surface area is 176 Å². The Morgan fingerprint density at radius 1 is 0.931 bits per heavy atom. The Morgan fingerprint density at radius 2 is 1.62 bits per heavy atom. The zero-order chi connectivity index (χ0) is 21.4. The Balaban J connectivity index is 1.37. The summed E-state index contributed by atoms with van der Waals surface area (Å²) in [6.45, 7) is 15.4. The predicted octanol–water partition coefficient (Wildman–Crippen LogP) is 5.53. The predicted molar refractivity (Wildman–Crippen MR) is 112 cm³/mol. The van der Waals surface area contributed by atoms with Crippen LogP contribution in [0.15, 0.2) is 0 Å². The summed E-state index contributed by atoms with van der Waals surface area (Å²) in [7, 11) is 0. The highest BCUT2D eigenvalue weighted by Crippen LogP contribution is 2.64. The summed E-state index contributed by atoms with van der Waals surface area (Å²) >= 11 is 0. The summed E-state index contributed by atoms with van der Waals surface area (Å²) in [5.74, 6) is 1.43. The molecule has 0 aliphatic heterocycles. The molecule has 164 valence electrons. The van der Waals surface area contributed by atoms with Crippen LogP contribution in [-0.2, 0) is 19.1 Å². The number of fused-ring (bicyclic) bond motifs is 4. The minimum Gasteiger partial charge on any atom is -0.461 e. The van der Waals surface area contributed by atoms with E-state index in [1.54, 1.807) is 0 Å². The van der Waals surface area contributed by atoms with Crippen molar-refractivity contribution in [3.63, 3.8) is 0 Å². The molecule has 4 aliphatic carbocycles. The molecule has 6 atom stereocenters. The number of rotatable bonds is 5. The summed E-state index contributed by atoms with van der Waals surface area (Å²) < 4.78 is 11.9. The molecule has 0 aromatic heterocycles. The Hall–Kier alpha value is -1.06. The molecule has 0 N–H and O–H groups in total. The molecule has 4 fully saturated rings. The van der Waals surface area contributed by atoms with Crippen LogP contribution in [0.25, 0.3) is 0 Å². The number of hydrogen-bond acceptors (Lipinski definition) is 4. The second-order valence-corrected chi connectivity index (χ2v) is 12.6. The van der Waals surface area contributed by atoms with E-state index in [-0.39, 0.29) is 28.8 Å². The van der Waals surface area contributed by atoms with Crippen LogP contribution in [0.4, 0.5) is 0 Å². The third-order valence-electron chi connectivity index (χ3n) is 9.60. The molecule has 4 nitrogen and oxygen atoms in total. The maximum absolute atomic E-state index is 12.7. The average molecular weight is 405 g/mol. The third kappa shape index (κ3) is 3.24. The number of esters is 2. The van der Waals surface area contributed by atoms with Crippen molar-refractivity contribution in [3.8, 4) is 0 Å². The minimum atomic E-state index is -0.557. The van der Waals surface area contributed by atoms with Gasteiger partial charge in [-0.3, -0.25) is 9.59 Å². The van der Waals surface area contributed by atoms with Gasteiger partial charge in [0, 0.05) is 16.7 Å². The molecular formula is C25H40O4. The first-order chi connectivity index (χ1) is 13.3. The SMILES string of the molecule is CC12CCC(C1)C(C)(C)[C@@H]2OC(=O)CC(=O)OC(C)(C)[C@@H]1C2CCC(C2)C1(C)C. The van der Waals surface area contributed by atoms with Gasteiger partial charge in [0.1, 0.15) is 18.1 Å². The highest BCUT2D eigenvalue weighted by Gasteiger charge is 2.62. The number of carbonyl (C=O) groups is 2. The highest BCUT2D eigenvalue weighted by molar-refractivity contribution is 5.91. The van der Waals surface area contributed by atoms with Crippen molar-refractivity contribution >= 4 is 11.9 Å². The first kappa shape index (κ1) is 21.2. The molecule has 0 spiro atoms. The van der Waals surface area contributed by atoms with Crippen molar-refractivity contribution in [2.24, 2.45) is 39.9 Å². The van der Waals surface area contributed by atoms with Crippen LogP contribution in [0, 0.1) is 39.9 Å². The Morgan fingerprint density at radius 3 is 2.17 bits per heavy atom. The minimum absolute atomic E-state index is 0.0149. The maximum atomic E-state index is 12.7. The van der Waals surface area contributed by atoms with Gasteiger partial charge in [-0.05, 0) is 75.5 Å². The van der Waals surface area contributed by atoms with Crippen LogP contribution in [0.5, 0.6) is 0 Å². The first-order valence-electron chi connectivity index (χ1n) is 11.7. The van der Waals surface area contributed by atoms with Gasteiger partial charge in [-0.25, -0.2) is 0 Å². The van der Waals surface area contributed by atoms with Gasteiger partial charge < -0.3 is 9.47 Å². The number of ether oxygens (including phenoxy) is 2. The van der Waals surface area contributed by atoms with Crippen LogP contribution in [0.2, 0.25) is 0 Å². The fourth-order valence-corrected chi connectivity index (χ4v) is 8.55. The van der Waals surface area contributed by atoms with Crippen LogP contribution < -0.4 is 0 Å². The van der Waals surface area contributed by atoms with Crippen LogP contribution in [-0.4, -0.2) is 23.6 Å². The van der Waals surface area contributed by atoms with E-state index in [0.29, 0.717) is 17.8 Å². The molecule has 29 heavy (non-hydrogen) atoms. The van der Waals surface area contributed by atoms with E-state index < -0.39 is 17.5 Å². The van der Waals surface area contributed by atoms with Gasteiger partial charge in [-0.1, -0.05) is 34.6 Å². The van der Waals surface area contributed by atoms with E-state index in [9.17, 15) is 9.59 Å². The van der Waals surface area contributed by atoms with Crippen LogP contribution >= 0.6 is 0 Å². The van der Waals surface area contributed by atoms with Gasteiger partial charge >= 0.3 is 11.9 Å². The molecule has 0 aromatic carbocycles. The van der Waals surface area contributed by atoms with Crippen LogP contribution in [0.1, 0.15) is 93.4 Å². The summed E-state index contributed by atoms with van der Waals surface area (Å²) in [6.07, 6.45) is 6.83. The van der Waals surface area contributed by atoms with Crippen molar-refractivity contribution in [1.29, 1.82) is 0 Å². The van der Waals surface area contributed by atoms with Gasteiger partial charge in [0.25, 0.3) is 0 Å². The van der Waals surface area contributed by atoms with E-state index in [2.05, 4.69) is 34.6 Å². The number of hydrogen-bond donors (Lipinski definition) is 0. The normalized spacial score (nSPS) is 41.6. The van der Waals surface area contributed by atoms with Crippen molar-refractivity contribution in [3.05, 3.63) is 0 Å². The van der Waals surface area contributed by atoms with E-state index in [1.165, 1.54) is 25.7 Å². The van der Waals surface area contributed by atoms with Crippen molar-refractivity contribution in [2.75, 3.05) is 0 Å². The van der Waals surface area contributed by atoms with Crippen molar-refractivity contribution in [2.45, 2.75) is 105 Å². The monoisotopic (exact) mass is 404 g/mol. The molecule has 4 rings (SSSR count). The molecule has 4 aliphatic rings. The first-order valence-corrected chi connectivity index (χ1v) is 11.7. The summed E-state index contributed by atoms with van der Waals surface area (Å²) in [4.78, 5) is 25.3. The van der Waals surface area contributed by atoms with Crippen molar-refractivity contribution < 1.29 is 19.1 Å². The average Bonchev–Trinajstić information content (AvgIpc) is 3.26. The summed E-state index contributed by atoms with van der Waals surface area (Å²) in [5, 5.41) is 0.